The highest BCUT2D eigenvalue weighted by molar-refractivity contribution is 6.35. The van der Waals surface area contributed by atoms with Gasteiger partial charge in [-0.3, -0.25) is 14.5 Å². The molecule has 1 aromatic rings. The van der Waals surface area contributed by atoms with E-state index in [2.05, 4.69) is 15.5 Å². The predicted octanol–water partition coefficient (Wildman–Crippen LogP) is 0.964. The van der Waals surface area contributed by atoms with Crippen molar-refractivity contribution in [3.63, 3.8) is 0 Å². The quantitative estimate of drug-likeness (QED) is 0.730. The smallest absolute Gasteiger partial charge is 0.309 e. The second-order valence-electron chi connectivity index (χ2n) is 7.44. The van der Waals surface area contributed by atoms with Gasteiger partial charge in [-0.05, 0) is 30.5 Å². The number of nitrogens with one attached hydrogen (secondary N) is 2. The van der Waals surface area contributed by atoms with Gasteiger partial charge in [0.05, 0.1) is 19.3 Å². The van der Waals surface area contributed by atoms with Crippen molar-refractivity contribution in [2.75, 3.05) is 39.6 Å². The minimum atomic E-state index is -0.578. The lowest BCUT2D eigenvalue weighted by molar-refractivity contribution is -0.139. The number of hydrogen-bond acceptors (Lipinski definition) is 6. The molecular weight excluding hydrogens is 362 g/mol. The van der Waals surface area contributed by atoms with Crippen LogP contribution in [0.3, 0.4) is 0 Å². The first-order valence-electron chi connectivity index (χ1n) is 10.0. The summed E-state index contributed by atoms with van der Waals surface area (Å²) < 4.78 is 16.4. The first kappa shape index (κ1) is 19.0. The van der Waals surface area contributed by atoms with E-state index in [-0.39, 0.29) is 18.9 Å². The topological polar surface area (TPSA) is 89.1 Å². The summed E-state index contributed by atoms with van der Waals surface area (Å²) in [4.78, 5) is 26.8. The van der Waals surface area contributed by atoms with Crippen molar-refractivity contribution in [1.29, 1.82) is 0 Å². The van der Waals surface area contributed by atoms with Gasteiger partial charge in [-0.15, -0.1) is 0 Å². The van der Waals surface area contributed by atoms with Crippen LogP contribution in [0.25, 0.3) is 0 Å². The fraction of sp³-hybridized carbons (Fsp3) is 0.600. The summed E-state index contributed by atoms with van der Waals surface area (Å²) in [7, 11) is 0. The number of benzene rings is 1. The Bertz CT molecular complexity index is 714. The monoisotopic (exact) mass is 389 g/mol. The minimum Gasteiger partial charge on any atom is -0.454 e. The van der Waals surface area contributed by atoms with Crippen LogP contribution in [0.4, 0.5) is 0 Å². The predicted molar refractivity (Wildman–Crippen MR) is 101 cm³/mol. The number of fused-ring (bicyclic) bond motifs is 1. The molecule has 1 saturated heterocycles. The van der Waals surface area contributed by atoms with Crippen molar-refractivity contribution in [2.45, 2.75) is 37.8 Å². The molecule has 3 aliphatic rings. The molecule has 4 rings (SSSR count). The summed E-state index contributed by atoms with van der Waals surface area (Å²) in [5, 5.41) is 5.65. The number of amides is 2. The third-order valence-corrected chi connectivity index (χ3v) is 5.62. The second kappa shape index (κ2) is 8.79. The molecular formula is C20H27N3O5. The van der Waals surface area contributed by atoms with Crippen LogP contribution in [0, 0.1) is 0 Å². The molecule has 152 valence electrons. The summed E-state index contributed by atoms with van der Waals surface area (Å²) in [5.41, 5.74) is 1.02. The van der Waals surface area contributed by atoms with Gasteiger partial charge < -0.3 is 24.8 Å². The van der Waals surface area contributed by atoms with Gasteiger partial charge in [0, 0.05) is 25.7 Å². The highest BCUT2D eigenvalue weighted by atomic mass is 16.7. The zero-order valence-corrected chi connectivity index (χ0v) is 15.9. The lowest BCUT2D eigenvalue weighted by Gasteiger charge is -2.35. The van der Waals surface area contributed by atoms with Crippen LogP contribution in [-0.4, -0.2) is 62.4 Å². The van der Waals surface area contributed by atoms with Gasteiger partial charge in [-0.25, -0.2) is 0 Å². The molecule has 0 unspecified atom stereocenters. The Hall–Kier alpha value is -2.32. The molecule has 0 radical (unpaired) electrons. The molecule has 1 atom stereocenters. The van der Waals surface area contributed by atoms with E-state index in [9.17, 15) is 9.59 Å². The summed E-state index contributed by atoms with van der Waals surface area (Å²) in [6, 6.07) is 5.88. The fourth-order valence-electron chi connectivity index (χ4n) is 4.06. The Morgan fingerprint density at radius 3 is 2.61 bits per heavy atom. The first-order valence-corrected chi connectivity index (χ1v) is 10.0. The molecule has 1 aromatic carbocycles. The first-order chi connectivity index (χ1) is 13.7. The van der Waals surface area contributed by atoms with Crippen LogP contribution in [0.2, 0.25) is 0 Å². The average Bonchev–Trinajstić information content (AvgIpc) is 3.40. The zero-order valence-electron chi connectivity index (χ0n) is 15.9. The van der Waals surface area contributed by atoms with Gasteiger partial charge >= 0.3 is 11.8 Å². The molecule has 8 heteroatoms. The normalized spacial score (nSPS) is 20.7. The Labute approximate surface area is 164 Å². The largest absolute Gasteiger partial charge is 0.454 e. The third kappa shape index (κ3) is 4.39. The Kier molecular flexibility index (Phi) is 5.97. The van der Waals surface area contributed by atoms with Gasteiger partial charge in [0.15, 0.2) is 11.5 Å². The van der Waals surface area contributed by atoms with Gasteiger partial charge in [-0.1, -0.05) is 18.9 Å². The van der Waals surface area contributed by atoms with Crippen molar-refractivity contribution in [3.8, 4) is 11.5 Å². The minimum absolute atomic E-state index is 0.0679. The number of morpholine rings is 1. The maximum Gasteiger partial charge on any atom is 0.309 e. The van der Waals surface area contributed by atoms with Crippen LogP contribution in [0.1, 0.15) is 37.3 Å². The molecule has 2 N–H and O–H groups in total. The van der Waals surface area contributed by atoms with Gasteiger partial charge in [-0.2, -0.15) is 0 Å². The maximum atomic E-state index is 12.3. The van der Waals surface area contributed by atoms with E-state index in [0.29, 0.717) is 25.5 Å². The Balaban J connectivity index is 1.41. The molecule has 2 fully saturated rings. The Morgan fingerprint density at radius 1 is 1.07 bits per heavy atom. The summed E-state index contributed by atoms with van der Waals surface area (Å²) in [5.74, 6) is 0.315. The van der Waals surface area contributed by atoms with E-state index >= 15 is 0 Å². The van der Waals surface area contributed by atoms with Crippen LogP contribution >= 0.6 is 0 Å². The number of ether oxygens (including phenoxy) is 3. The summed E-state index contributed by atoms with van der Waals surface area (Å²) >= 11 is 0. The van der Waals surface area contributed by atoms with Crippen LogP contribution in [0.15, 0.2) is 18.2 Å². The van der Waals surface area contributed by atoms with E-state index in [1.54, 1.807) is 0 Å². The van der Waals surface area contributed by atoms with E-state index in [0.717, 1.165) is 50.1 Å². The third-order valence-electron chi connectivity index (χ3n) is 5.62. The standard InChI is InChI=1S/C20H27N3O5/c24-19(20(25)22-15-3-1-2-4-15)21-12-16(23-7-9-26-10-8-23)14-5-6-17-18(11-14)28-13-27-17/h5-6,11,15-16H,1-4,7-10,12-13H2,(H,21,24)(H,22,25)/t16-/m1/s1. The van der Waals surface area contributed by atoms with E-state index in [4.69, 9.17) is 14.2 Å². The van der Waals surface area contributed by atoms with Crippen LogP contribution < -0.4 is 20.1 Å². The fourth-order valence-corrected chi connectivity index (χ4v) is 4.06. The molecule has 1 aliphatic carbocycles. The van der Waals surface area contributed by atoms with Crippen LogP contribution in [0.5, 0.6) is 11.5 Å². The lowest BCUT2D eigenvalue weighted by atomic mass is 10.0. The number of hydrogen-bond donors (Lipinski definition) is 2. The second-order valence-corrected chi connectivity index (χ2v) is 7.44. The number of carbonyl (C=O) groups excluding carboxylic acids is 2. The maximum absolute atomic E-state index is 12.3. The van der Waals surface area contributed by atoms with Crippen molar-refractivity contribution >= 4 is 11.8 Å². The van der Waals surface area contributed by atoms with Gasteiger partial charge in [0.1, 0.15) is 0 Å². The molecule has 2 amide bonds. The number of nitrogens with zero attached hydrogens (tertiary/aromatic N) is 1. The number of rotatable bonds is 5. The van der Waals surface area contributed by atoms with Crippen molar-refractivity contribution in [1.82, 2.24) is 15.5 Å². The van der Waals surface area contributed by atoms with E-state index < -0.39 is 11.8 Å². The lowest BCUT2D eigenvalue weighted by Crippen LogP contribution is -2.48. The molecule has 0 aromatic heterocycles. The molecule has 0 spiro atoms. The van der Waals surface area contributed by atoms with Crippen LogP contribution in [-0.2, 0) is 14.3 Å². The SMILES string of the molecule is O=C(NC[C@H](c1ccc2c(c1)OCO2)N1CCOCC1)C(=O)NC1CCCC1. The zero-order chi connectivity index (χ0) is 19.3. The van der Waals surface area contributed by atoms with E-state index in [1.165, 1.54) is 0 Å². The Morgan fingerprint density at radius 2 is 1.82 bits per heavy atom. The highest BCUT2D eigenvalue weighted by Gasteiger charge is 2.27. The molecule has 0 bridgehead atoms. The van der Waals surface area contributed by atoms with Gasteiger partial charge in [0.2, 0.25) is 6.79 Å². The van der Waals surface area contributed by atoms with E-state index in [1.807, 2.05) is 18.2 Å². The summed E-state index contributed by atoms with van der Waals surface area (Å²) in [6.45, 7) is 3.40. The molecule has 1 saturated carbocycles. The number of carbonyl (C=O) groups is 2. The summed E-state index contributed by atoms with van der Waals surface area (Å²) in [6.07, 6.45) is 4.12. The van der Waals surface area contributed by atoms with Gasteiger partial charge in [0.25, 0.3) is 0 Å². The van der Waals surface area contributed by atoms with Crippen molar-refractivity contribution in [2.24, 2.45) is 0 Å². The average molecular weight is 389 g/mol. The molecule has 8 nitrogen and oxygen atoms in total. The highest BCUT2D eigenvalue weighted by Crippen LogP contribution is 2.35. The molecule has 2 aliphatic heterocycles. The van der Waals surface area contributed by atoms with Crippen molar-refractivity contribution < 1.29 is 23.8 Å². The molecule has 2 heterocycles. The van der Waals surface area contributed by atoms with Crippen molar-refractivity contribution in [3.05, 3.63) is 23.8 Å². The molecule has 28 heavy (non-hydrogen) atoms.